The first-order valence-electron chi connectivity index (χ1n) is 12.2. The number of hydrogen-bond acceptors (Lipinski definition) is 7. The van der Waals surface area contributed by atoms with Crippen LogP contribution in [0.4, 0.5) is 11.4 Å². The minimum absolute atomic E-state index is 0.0824. The number of rotatable bonds is 7. The molecule has 1 atom stereocenters. The highest BCUT2D eigenvalue weighted by atomic mass is 16.5. The lowest BCUT2D eigenvalue weighted by atomic mass is 9.76. The fourth-order valence-electron chi connectivity index (χ4n) is 4.34. The molecule has 39 heavy (non-hydrogen) atoms. The quantitative estimate of drug-likeness (QED) is 0.473. The van der Waals surface area contributed by atoms with Crippen molar-refractivity contribution in [2.75, 3.05) is 30.9 Å². The highest BCUT2D eigenvalue weighted by molar-refractivity contribution is 6.16. The SMILES string of the molecule is Cc1ccc(NC(=O)COc2ccc(C3=C(C#N)C(=O)C(c4ccc(N(C)C)cc4)C(N)=C3C#N)cc2)cc1. The van der Waals surface area contributed by atoms with Crippen molar-refractivity contribution in [2.24, 2.45) is 5.73 Å². The highest BCUT2D eigenvalue weighted by Crippen LogP contribution is 2.40. The molecule has 4 rings (SSSR count). The molecule has 0 saturated heterocycles. The Balaban J connectivity index is 1.55. The molecule has 0 aliphatic heterocycles. The summed E-state index contributed by atoms with van der Waals surface area (Å²) in [5.41, 5.74) is 10.4. The number of nitrogens with one attached hydrogen (secondary N) is 1. The molecule has 0 saturated carbocycles. The standard InChI is InChI=1S/C31H27N5O3/c1-19-4-10-22(11-5-19)35-27(37)18-39-24-14-8-20(9-15-24)28-25(16-32)30(34)29(31(38)26(28)17-33)21-6-12-23(13-7-21)36(2)3/h4-15,29H,18,34H2,1-3H3,(H,35,37). The number of anilines is 2. The molecule has 0 fully saturated rings. The molecule has 8 heteroatoms. The maximum atomic E-state index is 13.5. The molecule has 1 unspecified atom stereocenters. The monoisotopic (exact) mass is 517 g/mol. The molecule has 1 amide bonds. The molecule has 8 nitrogen and oxygen atoms in total. The third-order valence-corrected chi connectivity index (χ3v) is 6.42. The number of nitriles is 2. The largest absolute Gasteiger partial charge is 0.484 e. The van der Waals surface area contributed by atoms with E-state index in [1.165, 1.54) is 0 Å². The molecule has 0 heterocycles. The number of benzene rings is 3. The van der Waals surface area contributed by atoms with Crippen molar-refractivity contribution >= 4 is 28.6 Å². The van der Waals surface area contributed by atoms with Gasteiger partial charge in [0.15, 0.2) is 12.4 Å². The number of aryl methyl sites for hydroxylation is 1. The van der Waals surface area contributed by atoms with Crippen molar-refractivity contribution in [1.29, 1.82) is 10.5 Å². The molecule has 3 aromatic rings. The summed E-state index contributed by atoms with van der Waals surface area (Å²) in [6.07, 6.45) is 0. The predicted octanol–water partition coefficient (Wildman–Crippen LogP) is 4.46. The summed E-state index contributed by atoms with van der Waals surface area (Å²) in [7, 11) is 3.81. The summed E-state index contributed by atoms with van der Waals surface area (Å²) in [4.78, 5) is 27.6. The number of carbonyl (C=O) groups excluding carboxylic acids is 2. The van der Waals surface area contributed by atoms with E-state index in [1.54, 1.807) is 36.4 Å². The van der Waals surface area contributed by atoms with E-state index in [-0.39, 0.29) is 34.9 Å². The van der Waals surface area contributed by atoms with Gasteiger partial charge in [0.1, 0.15) is 23.5 Å². The lowest BCUT2D eigenvalue weighted by molar-refractivity contribution is -0.118. The van der Waals surface area contributed by atoms with Gasteiger partial charge in [-0.15, -0.1) is 0 Å². The lowest BCUT2D eigenvalue weighted by Crippen LogP contribution is -2.27. The van der Waals surface area contributed by atoms with Gasteiger partial charge in [-0.1, -0.05) is 42.0 Å². The second-order valence-electron chi connectivity index (χ2n) is 9.31. The molecule has 1 aliphatic rings. The Labute approximate surface area is 227 Å². The van der Waals surface area contributed by atoms with E-state index >= 15 is 0 Å². The van der Waals surface area contributed by atoms with E-state index in [1.807, 2.05) is 68.4 Å². The Morgan fingerprint density at radius 3 is 2.13 bits per heavy atom. The second-order valence-corrected chi connectivity index (χ2v) is 9.31. The van der Waals surface area contributed by atoms with Crippen LogP contribution in [0.1, 0.15) is 22.6 Å². The molecule has 1 aliphatic carbocycles. The Bertz CT molecular complexity index is 1550. The van der Waals surface area contributed by atoms with Crippen molar-refractivity contribution in [2.45, 2.75) is 12.8 Å². The van der Waals surface area contributed by atoms with Crippen molar-refractivity contribution in [3.63, 3.8) is 0 Å². The molecule has 0 bridgehead atoms. The predicted molar refractivity (Wildman–Crippen MR) is 150 cm³/mol. The summed E-state index contributed by atoms with van der Waals surface area (Å²) in [5.74, 6) is -1.30. The van der Waals surface area contributed by atoms with Crippen molar-refractivity contribution in [3.8, 4) is 17.9 Å². The molecule has 0 spiro atoms. The minimum atomic E-state index is -0.927. The zero-order valence-corrected chi connectivity index (χ0v) is 21.9. The molecule has 194 valence electrons. The maximum Gasteiger partial charge on any atom is 0.262 e. The van der Waals surface area contributed by atoms with Crippen molar-refractivity contribution in [1.82, 2.24) is 0 Å². The molecular formula is C31H27N5O3. The maximum absolute atomic E-state index is 13.5. The number of carbonyl (C=O) groups is 2. The van der Waals surface area contributed by atoms with Gasteiger partial charge in [-0.3, -0.25) is 9.59 Å². The van der Waals surface area contributed by atoms with Gasteiger partial charge >= 0.3 is 0 Å². The van der Waals surface area contributed by atoms with Crippen LogP contribution in [0.2, 0.25) is 0 Å². The number of hydrogen-bond donors (Lipinski definition) is 2. The van der Waals surface area contributed by atoms with Crippen LogP contribution in [0.5, 0.6) is 5.75 Å². The molecule has 0 aromatic heterocycles. The molecular weight excluding hydrogens is 490 g/mol. The fourth-order valence-corrected chi connectivity index (χ4v) is 4.34. The number of ketones is 1. The first-order valence-corrected chi connectivity index (χ1v) is 12.2. The van der Waals surface area contributed by atoms with Gasteiger partial charge < -0.3 is 20.7 Å². The summed E-state index contributed by atoms with van der Waals surface area (Å²) in [6.45, 7) is 1.76. The molecule has 0 radical (unpaired) electrons. The molecule has 3 aromatic carbocycles. The van der Waals surface area contributed by atoms with E-state index in [9.17, 15) is 20.1 Å². The van der Waals surface area contributed by atoms with Crippen LogP contribution in [-0.2, 0) is 9.59 Å². The van der Waals surface area contributed by atoms with Crippen LogP contribution in [0.3, 0.4) is 0 Å². The van der Waals surface area contributed by atoms with Crippen LogP contribution < -0.4 is 20.7 Å². The first-order chi connectivity index (χ1) is 18.7. The Kier molecular flexibility index (Phi) is 7.79. The summed E-state index contributed by atoms with van der Waals surface area (Å²) < 4.78 is 5.59. The van der Waals surface area contributed by atoms with Crippen molar-refractivity contribution in [3.05, 3.63) is 106 Å². The number of nitrogens with two attached hydrogens (primary N) is 1. The number of Topliss-reactive ketones (excluding diaryl/α,β-unsaturated/α-hetero) is 1. The highest BCUT2D eigenvalue weighted by Gasteiger charge is 2.37. The number of amides is 1. The zero-order chi connectivity index (χ0) is 28.1. The van der Waals surface area contributed by atoms with Crippen LogP contribution >= 0.6 is 0 Å². The smallest absolute Gasteiger partial charge is 0.262 e. The zero-order valence-electron chi connectivity index (χ0n) is 21.9. The van der Waals surface area contributed by atoms with E-state index in [2.05, 4.69) is 11.4 Å². The number of allylic oxidation sites excluding steroid dienone is 4. The van der Waals surface area contributed by atoms with Gasteiger partial charge in [-0.2, -0.15) is 10.5 Å². The van der Waals surface area contributed by atoms with Crippen LogP contribution in [0, 0.1) is 29.6 Å². The molecule has 3 N–H and O–H groups in total. The fraction of sp³-hybridized carbons (Fsp3) is 0.161. The summed E-state index contributed by atoms with van der Waals surface area (Å²) in [6, 6.07) is 25.2. The van der Waals surface area contributed by atoms with E-state index < -0.39 is 11.7 Å². The third-order valence-electron chi connectivity index (χ3n) is 6.42. The van der Waals surface area contributed by atoms with E-state index in [0.29, 0.717) is 22.6 Å². The van der Waals surface area contributed by atoms with Gasteiger partial charge in [0.25, 0.3) is 5.91 Å². The van der Waals surface area contributed by atoms with Crippen LogP contribution in [-0.4, -0.2) is 32.4 Å². The Morgan fingerprint density at radius 1 is 0.949 bits per heavy atom. The third kappa shape index (κ3) is 5.66. The van der Waals surface area contributed by atoms with Crippen LogP contribution in [0.15, 0.2) is 89.6 Å². The van der Waals surface area contributed by atoms with Gasteiger partial charge in [-0.25, -0.2) is 0 Å². The van der Waals surface area contributed by atoms with Gasteiger partial charge in [0.05, 0.1) is 11.5 Å². The van der Waals surface area contributed by atoms with Gasteiger partial charge in [-0.05, 0) is 54.4 Å². The number of nitrogens with zero attached hydrogens (tertiary/aromatic N) is 3. The van der Waals surface area contributed by atoms with Gasteiger partial charge in [0.2, 0.25) is 0 Å². The summed E-state index contributed by atoms with van der Waals surface area (Å²) in [5, 5.41) is 22.7. The topological polar surface area (TPSA) is 132 Å². The van der Waals surface area contributed by atoms with Crippen LogP contribution in [0.25, 0.3) is 5.57 Å². The lowest BCUT2D eigenvalue weighted by Gasteiger charge is -2.25. The first kappa shape index (κ1) is 26.7. The minimum Gasteiger partial charge on any atom is -0.484 e. The Morgan fingerprint density at radius 2 is 1.56 bits per heavy atom. The normalized spacial score (nSPS) is 14.9. The van der Waals surface area contributed by atoms with Gasteiger partial charge in [0, 0.05) is 36.7 Å². The summed E-state index contributed by atoms with van der Waals surface area (Å²) >= 11 is 0. The van der Waals surface area contributed by atoms with E-state index in [4.69, 9.17) is 10.5 Å². The van der Waals surface area contributed by atoms with Crippen molar-refractivity contribution < 1.29 is 14.3 Å². The average molecular weight is 518 g/mol. The second kappa shape index (κ2) is 11.4. The number of ether oxygens (including phenoxy) is 1. The Hall–Kier alpha value is -5.34. The van der Waals surface area contributed by atoms with E-state index in [0.717, 1.165) is 11.3 Å². The average Bonchev–Trinajstić information content (AvgIpc) is 2.93.